The second kappa shape index (κ2) is 7.50. The number of nitrogens with zero attached hydrogens (tertiary/aromatic N) is 2. The zero-order chi connectivity index (χ0) is 19.0. The Balaban J connectivity index is 1.61. The Hall–Kier alpha value is -2.08. The van der Waals surface area contributed by atoms with Crippen LogP contribution in [-0.4, -0.2) is 41.1 Å². The highest BCUT2D eigenvalue weighted by atomic mass is 35.5. The number of carbonyl (C=O) groups excluding carboxylic acids is 1. The fraction of sp³-hybridized carbons (Fsp3) is 0.300. The van der Waals surface area contributed by atoms with Gasteiger partial charge in [0.2, 0.25) is 5.91 Å². The van der Waals surface area contributed by atoms with Gasteiger partial charge in [-0.15, -0.1) is 0 Å². The van der Waals surface area contributed by atoms with Gasteiger partial charge in [-0.05, 0) is 62.8 Å². The Morgan fingerprint density at radius 2 is 1.96 bits per heavy atom. The van der Waals surface area contributed by atoms with Crippen molar-refractivity contribution in [2.75, 3.05) is 25.5 Å². The number of likely N-dealkylation sites (tertiary alicyclic amines) is 1. The fourth-order valence-corrected chi connectivity index (χ4v) is 4.01. The van der Waals surface area contributed by atoms with E-state index in [1.807, 2.05) is 30.3 Å². The summed E-state index contributed by atoms with van der Waals surface area (Å²) in [6.07, 6.45) is 1.74. The maximum Gasteiger partial charge on any atom is 0.228 e. The number of piperidine rings is 1. The molecule has 0 bridgehead atoms. The molecule has 0 radical (unpaired) electrons. The number of aromatic amines is 1. The first-order valence-corrected chi connectivity index (χ1v) is 9.70. The Kier molecular flexibility index (Phi) is 5.08. The van der Waals surface area contributed by atoms with Crippen molar-refractivity contribution in [1.82, 2.24) is 15.1 Å². The third kappa shape index (κ3) is 3.81. The van der Waals surface area contributed by atoms with Crippen LogP contribution in [0.3, 0.4) is 0 Å². The van der Waals surface area contributed by atoms with Gasteiger partial charge >= 0.3 is 0 Å². The van der Waals surface area contributed by atoms with Crippen molar-refractivity contribution in [3.63, 3.8) is 0 Å². The molecule has 3 aromatic rings. The zero-order valence-corrected chi connectivity index (χ0v) is 16.4. The number of halogens is 2. The second-order valence-corrected chi connectivity index (χ2v) is 7.87. The van der Waals surface area contributed by atoms with Crippen molar-refractivity contribution in [3.05, 3.63) is 46.4 Å². The van der Waals surface area contributed by atoms with Crippen LogP contribution in [0.25, 0.3) is 22.0 Å². The van der Waals surface area contributed by atoms with Gasteiger partial charge in [0.25, 0.3) is 0 Å². The topological polar surface area (TPSA) is 61.0 Å². The highest BCUT2D eigenvalue weighted by Crippen LogP contribution is 2.33. The minimum atomic E-state index is 0.0295. The Labute approximate surface area is 167 Å². The molecule has 0 saturated carbocycles. The van der Waals surface area contributed by atoms with Crippen LogP contribution in [0.1, 0.15) is 12.8 Å². The predicted molar refractivity (Wildman–Crippen MR) is 110 cm³/mol. The second-order valence-electron chi connectivity index (χ2n) is 7.02. The average molecular weight is 403 g/mol. The van der Waals surface area contributed by atoms with E-state index in [0.29, 0.717) is 15.9 Å². The number of rotatable bonds is 3. The van der Waals surface area contributed by atoms with Crippen LogP contribution >= 0.6 is 23.2 Å². The summed E-state index contributed by atoms with van der Waals surface area (Å²) >= 11 is 12.3. The summed E-state index contributed by atoms with van der Waals surface area (Å²) in [6.45, 7) is 1.89. The monoisotopic (exact) mass is 402 g/mol. The summed E-state index contributed by atoms with van der Waals surface area (Å²) < 4.78 is 0. The van der Waals surface area contributed by atoms with Crippen molar-refractivity contribution in [1.29, 1.82) is 0 Å². The number of hydrogen-bond acceptors (Lipinski definition) is 3. The van der Waals surface area contributed by atoms with Crippen LogP contribution in [-0.2, 0) is 4.79 Å². The molecule has 0 spiro atoms. The molecule has 0 atom stereocenters. The van der Waals surface area contributed by atoms with Crippen molar-refractivity contribution in [3.8, 4) is 11.1 Å². The number of benzene rings is 2. The maximum atomic E-state index is 12.6. The van der Waals surface area contributed by atoms with Crippen LogP contribution in [0.2, 0.25) is 10.0 Å². The molecule has 2 N–H and O–H groups in total. The molecule has 1 saturated heterocycles. The lowest BCUT2D eigenvalue weighted by Gasteiger charge is -2.27. The van der Waals surface area contributed by atoms with Crippen LogP contribution in [0, 0.1) is 5.92 Å². The number of carbonyl (C=O) groups is 1. The number of hydrogen-bond donors (Lipinski definition) is 2. The predicted octanol–water partition coefficient (Wildman–Crippen LogP) is 4.82. The molecular formula is C20H20Cl2N4O. The number of nitrogens with one attached hydrogen (secondary N) is 2. The molecule has 1 aromatic heterocycles. The quantitative estimate of drug-likeness (QED) is 0.660. The molecule has 2 aromatic carbocycles. The molecule has 1 aliphatic rings. The molecule has 7 heteroatoms. The van der Waals surface area contributed by atoms with Crippen molar-refractivity contribution in [2.24, 2.45) is 5.92 Å². The van der Waals surface area contributed by atoms with Gasteiger partial charge in [0.05, 0.1) is 5.52 Å². The summed E-state index contributed by atoms with van der Waals surface area (Å²) in [5.74, 6) is 0.620. The largest absolute Gasteiger partial charge is 0.308 e. The van der Waals surface area contributed by atoms with Crippen LogP contribution in [0.5, 0.6) is 0 Å². The fourth-order valence-electron chi connectivity index (χ4n) is 3.49. The van der Waals surface area contributed by atoms with E-state index in [0.717, 1.165) is 48.0 Å². The van der Waals surface area contributed by atoms with Gasteiger partial charge in [-0.1, -0.05) is 35.3 Å². The summed E-state index contributed by atoms with van der Waals surface area (Å²) in [6, 6.07) is 11.3. The first-order chi connectivity index (χ1) is 13.0. The first-order valence-electron chi connectivity index (χ1n) is 8.94. The molecule has 4 rings (SSSR count). The standard InChI is InChI=1S/C20H20Cl2N4O/c1-26-8-6-12(7-9-26)20(27)23-19-16-10-13(2-5-18(16)24-25-19)15-4-3-14(21)11-17(15)22/h2-5,10-12H,6-9H2,1H3,(H2,23,24,25,27). The van der Waals surface area contributed by atoms with Gasteiger partial charge in [-0.25, -0.2) is 0 Å². The minimum absolute atomic E-state index is 0.0295. The van der Waals surface area contributed by atoms with Crippen molar-refractivity contribution >= 4 is 45.8 Å². The normalized spacial score (nSPS) is 16.0. The molecule has 140 valence electrons. The molecule has 0 aliphatic carbocycles. The zero-order valence-electron chi connectivity index (χ0n) is 14.9. The molecule has 1 fully saturated rings. The van der Waals surface area contributed by atoms with Crippen LogP contribution < -0.4 is 5.32 Å². The van der Waals surface area contributed by atoms with Gasteiger partial charge in [0.15, 0.2) is 5.82 Å². The number of H-pyrrole nitrogens is 1. The Morgan fingerprint density at radius 1 is 1.19 bits per heavy atom. The molecule has 27 heavy (non-hydrogen) atoms. The van der Waals surface area contributed by atoms with Crippen molar-refractivity contribution in [2.45, 2.75) is 12.8 Å². The minimum Gasteiger partial charge on any atom is -0.308 e. The van der Waals surface area contributed by atoms with Crippen molar-refractivity contribution < 1.29 is 4.79 Å². The lowest BCUT2D eigenvalue weighted by atomic mass is 9.96. The van der Waals surface area contributed by atoms with E-state index in [4.69, 9.17) is 23.2 Å². The van der Waals surface area contributed by atoms with E-state index >= 15 is 0 Å². The average Bonchev–Trinajstić information content (AvgIpc) is 3.04. The van der Waals surface area contributed by atoms with E-state index in [9.17, 15) is 4.79 Å². The summed E-state index contributed by atoms with van der Waals surface area (Å²) in [4.78, 5) is 14.9. The van der Waals surface area contributed by atoms with Gasteiger partial charge in [0, 0.05) is 26.9 Å². The van der Waals surface area contributed by atoms with Gasteiger partial charge in [0.1, 0.15) is 0 Å². The van der Waals surface area contributed by atoms with Crippen LogP contribution in [0.15, 0.2) is 36.4 Å². The highest BCUT2D eigenvalue weighted by Gasteiger charge is 2.24. The highest BCUT2D eigenvalue weighted by molar-refractivity contribution is 6.36. The van der Waals surface area contributed by atoms with E-state index < -0.39 is 0 Å². The maximum absolute atomic E-state index is 12.6. The van der Waals surface area contributed by atoms with Gasteiger partial charge < -0.3 is 10.2 Å². The molecule has 5 nitrogen and oxygen atoms in total. The number of amides is 1. The van der Waals surface area contributed by atoms with Gasteiger partial charge in [-0.3, -0.25) is 9.89 Å². The van der Waals surface area contributed by atoms with E-state index in [1.165, 1.54) is 0 Å². The number of anilines is 1. The lowest BCUT2D eigenvalue weighted by molar-refractivity contribution is -0.121. The molecule has 1 aliphatic heterocycles. The van der Waals surface area contributed by atoms with E-state index in [1.54, 1.807) is 6.07 Å². The summed E-state index contributed by atoms with van der Waals surface area (Å²) in [5.41, 5.74) is 2.69. The van der Waals surface area contributed by atoms with Crippen LogP contribution in [0.4, 0.5) is 5.82 Å². The molecular weight excluding hydrogens is 383 g/mol. The molecule has 2 heterocycles. The van der Waals surface area contributed by atoms with E-state index in [2.05, 4.69) is 27.5 Å². The smallest absolute Gasteiger partial charge is 0.228 e. The Bertz CT molecular complexity index is 993. The van der Waals surface area contributed by atoms with Gasteiger partial charge in [-0.2, -0.15) is 5.10 Å². The Morgan fingerprint density at radius 3 is 2.70 bits per heavy atom. The SMILES string of the molecule is CN1CCC(C(=O)Nc2n[nH]c3ccc(-c4ccc(Cl)cc4Cl)cc23)CC1. The molecule has 0 unspecified atom stereocenters. The van der Waals surface area contributed by atoms with E-state index in [-0.39, 0.29) is 11.8 Å². The first kappa shape index (κ1) is 18.3. The third-order valence-corrected chi connectivity index (χ3v) is 5.68. The molecule has 1 amide bonds. The summed E-state index contributed by atoms with van der Waals surface area (Å²) in [7, 11) is 2.08. The number of fused-ring (bicyclic) bond motifs is 1. The summed E-state index contributed by atoms with van der Waals surface area (Å²) in [5, 5.41) is 12.3. The number of aromatic nitrogens is 2. The lowest BCUT2D eigenvalue weighted by Crippen LogP contribution is -2.36. The third-order valence-electron chi connectivity index (χ3n) is 5.14.